The number of rotatable bonds is 6. The van der Waals surface area contributed by atoms with Crippen LogP contribution in [0.15, 0.2) is 70.2 Å². The summed E-state index contributed by atoms with van der Waals surface area (Å²) in [6.07, 6.45) is 1.02. The Morgan fingerprint density at radius 1 is 0.893 bits per heavy atom. The Bertz CT molecular complexity index is 1050. The van der Waals surface area contributed by atoms with Crippen LogP contribution in [0.2, 0.25) is 5.02 Å². The lowest BCUT2D eigenvalue weighted by Gasteiger charge is -2.03. The van der Waals surface area contributed by atoms with Gasteiger partial charge in [-0.3, -0.25) is 0 Å². The predicted octanol–water partition coefficient (Wildman–Crippen LogP) is 5.70. The van der Waals surface area contributed by atoms with Gasteiger partial charge in [0.25, 0.3) is 0 Å². The zero-order valence-electron chi connectivity index (χ0n) is 15.2. The molecule has 5 nitrogen and oxygen atoms in total. The smallest absolute Gasteiger partial charge is 0.237 e. The van der Waals surface area contributed by atoms with Gasteiger partial charge in [0.05, 0.1) is 11.4 Å². The summed E-state index contributed by atoms with van der Waals surface area (Å²) in [5, 5.41) is 14.1. The van der Waals surface area contributed by atoms with Crippen molar-refractivity contribution in [2.75, 3.05) is 0 Å². The van der Waals surface area contributed by atoms with Crippen molar-refractivity contribution < 1.29 is 4.52 Å². The van der Waals surface area contributed by atoms with E-state index in [1.807, 2.05) is 24.3 Å². The van der Waals surface area contributed by atoms with Crippen LogP contribution in [0.4, 0.5) is 0 Å². The van der Waals surface area contributed by atoms with Gasteiger partial charge >= 0.3 is 0 Å². The first kappa shape index (κ1) is 18.7. The lowest BCUT2D eigenvalue weighted by atomic mass is 10.1. The van der Waals surface area contributed by atoms with Gasteiger partial charge in [0.1, 0.15) is 5.03 Å². The van der Waals surface area contributed by atoms with E-state index in [9.17, 15) is 0 Å². The van der Waals surface area contributed by atoms with E-state index < -0.39 is 0 Å². The fourth-order valence-corrected chi connectivity index (χ4v) is 3.40. The minimum absolute atomic E-state index is 0.528. The van der Waals surface area contributed by atoms with Gasteiger partial charge in [-0.1, -0.05) is 59.7 Å². The van der Waals surface area contributed by atoms with Crippen molar-refractivity contribution in [1.29, 1.82) is 0 Å². The zero-order chi connectivity index (χ0) is 19.3. The van der Waals surface area contributed by atoms with E-state index in [0.717, 1.165) is 28.3 Å². The summed E-state index contributed by atoms with van der Waals surface area (Å²) >= 11 is 7.41. The number of aromatic nitrogens is 4. The summed E-state index contributed by atoms with van der Waals surface area (Å²) < 4.78 is 5.32. The molecular formula is C21H17ClN4OS. The van der Waals surface area contributed by atoms with Crippen molar-refractivity contribution in [2.45, 2.75) is 24.1 Å². The molecule has 2 heterocycles. The van der Waals surface area contributed by atoms with Crippen LogP contribution < -0.4 is 0 Å². The number of thioether (sulfide) groups is 1. The first-order valence-corrected chi connectivity index (χ1v) is 10.2. The van der Waals surface area contributed by atoms with Crippen LogP contribution in [0.25, 0.3) is 22.6 Å². The average Bonchev–Trinajstić information content (AvgIpc) is 3.22. The maximum atomic E-state index is 5.91. The van der Waals surface area contributed by atoms with E-state index in [-0.39, 0.29) is 0 Å². The molecule has 0 atom stereocenters. The molecule has 0 aliphatic carbocycles. The number of hydrogen-bond donors (Lipinski definition) is 0. The highest BCUT2D eigenvalue weighted by Gasteiger charge is 2.10. The third-order valence-corrected chi connectivity index (χ3v) is 5.37. The summed E-state index contributed by atoms with van der Waals surface area (Å²) in [6, 6.07) is 19.6. The molecule has 0 aliphatic heterocycles. The van der Waals surface area contributed by atoms with Crippen LogP contribution in [-0.4, -0.2) is 20.3 Å². The van der Waals surface area contributed by atoms with Gasteiger partial charge in [-0.15, -0.1) is 10.2 Å². The SMILES string of the molecule is CCc1ccc(-c2ccc(SCc3nc(-c4ccc(Cl)cc4)no3)nn2)cc1. The van der Waals surface area contributed by atoms with Gasteiger partial charge in [0.2, 0.25) is 11.7 Å². The summed E-state index contributed by atoms with van der Waals surface area (Å²) in [6.45, 7) is 2.14. The molecule has 4 aromatic rings. The van der Waals surface area contributed by atoms with Gasteiger partial charge < -0.3 is 4.52 Å². The van der Waals surface area contributed by atoms with Gasteiger partial charge in [0, 0.05) is 16.1 Å². The van der Waals surface area contributed by atoms with Crippen LogP contribution >= 0.6 is 23.4 Å². The van der Waals surface area contributed by atoms with Crippen molar-refractivity contribution in [3.8, 4) is 22.6 Å². The molecule has 0 radical (unpaired) electrons. The van der Waals surface area contributed by atoms with E-state index >= 15 is 0 Å². The van der Waals surface area contributed by atoms with Gasteiger partial charge in [0.15, 0.2) is 0 Å². The topological polar surface area (TPSA) is 64.7 Å². The Labute approximate surface area is 172 Å². The molecule has 7 heteroatoms. The summed E-state index contributed by atoms with van der Waals surface area (Å²) in [5.74, 6) is 1.61. The van der Waals surface area contributed by atoms with E-state index in [0.29, 0.717) is 22.5 Å². The zero-order valence-corrected chi connectivity index (χ0v) is 16.7. The van der Waals surface area contributed by atoms with Gasteiger partial charge in [-0.2, -0.15) is 4.98 Å². The Morgan fingerprint density at radius 3 is 2.32 bits per heavy atom. The highest BCUT2D eigenvalue weighted by Crippen LogP contribution is 2.24. The van der Waals surface area contributed by atoms with E-state index in [4.69, 9.17) is 16.1 Å². The molecule has 0 aliphatic rings. The van der Waals surface area contributed by atoms with Crippen molar-refractivity contribution in [3.05, 3.63) is 77.1 Å². The van der Waals surface area contributed by atoms with E-state index in [1.165, 1.54) is 17.3 Å². The number of aryl methyl sites for hydroxylation is 1. The number of nitrogens with zero attached hydrogens (tertiary/aromatic N) is 4. The molecule has 140 valence electrons. The third-order valence-electron chi connectivity index (χ3n) is 4.21. The molecule has 28 heavy (non-hydrogen) atoms. The highest BCUT2D eigenvalue weighted by molar-refractivity contribution is 7.98. The normalized spacial score (nSPS) is 10.9. The van der Waals surface area contributed by atoms with Crippen molar-refractivity contribution in [2.24, 2.45) is 0 Å². The Balaban J connectivity index is 1.39. The molecule has 0 spiro atoms. The molecule has 0 unspecified atom stereocenters. The highest BCUT2D eigenvalue weighted by atomic mass is 35.5. The fourth-order valence-electron chi connectivity index (χ4n) is 2.63. The molecule has 2 aromatic carbocycles. The standard InChI is InChI=1S/C21H17ClN4OS/c1-2-14-3-5-15(6-4-14)18-11-12-20(25-24-18)28-13-19-23-21(26-27-19)16-7-9-17(22)10-8-16/h3-12H,2,13H2,1H3. The Kier molecular flexibility index (Phi) is 5.69. The summed E-state index contributed by atoms with van der Waals surface area (Å²) in [7, 11) is 0. The van der Waals surface area contributed by atoms with Crippen LogP contribution in [0.5, 0.6) is 0 Å². The molecule has 0 fully saturated rings. The molecule has 0 saturated heterocycles. The van der Waals surface area contributed by atoms with Crippen LogP contribution in [0.3, 0.4) is 0 Å². The van der Waals surface area contributed by atoms with E-state index in [1.54, 1.807) is 12.1 Å². The fraction of sp³-hybridized carbons (Fsp3) is 0.143. The molecule has 2 aromatic heterocycles. The van der Waals surface area contributed by atoms with Crippen LogP contribution in [0, 0.1) is 0 Å². The molecule has 0 amide bonds. The quantitative estimate of drug-likeness (QED) is 0.381. The monoisotopic (exact) mass is 408 g/mol. The van der Waals surface area contributed by atoms with E-state index in [2.05, 4.69) is 51.5 Å². The number of hydrogen-bond acceptors (Lipinski definition) is 6. The van der Waals surface area contributed by atoms with Gasteiger partial charge in [-0.25, -0.2) is 0 Å². The average molecular weight is 409 g/mol. The minimum Gasteiger partial charge on any atom is -0.338 e. The summed E-state index contributed by atoms with van der Waals surface area (Å²) in [4.78, 5) is 4.42. The lowest BCUT2D eigenvalue weighted by Crippen LogP contribution is -1.91. The first-order valence-electron chi connectivity index (χ1n) is 8.85. The first-order chi connectivity index (χ1) is 13.7. The molecule has 4 rings (SSSR count). The van der Waals surface area contributed by atoms with Crippen LogP contribution in [-0.2, 0) is 12.2 Å². The Morgan fingerprint density at radius 2 is 1.64 bits per heavy atom. The largest absolute Gasteiger partial charge is 0.338 e. The molecule has 0 saturated carbocycles. The molecular weight excluding hydrogens is 392 g/mol. The lowest BCUT2D eigenvalue weighted by molar-refractivity contribution is 0.391. The predicted molar refractivity (Wildman–Crippen MR) is 111 cm³/mol. The second-order valence-electron chi connectivity index (χ2n) is 6.11. The second-order valence-corrected chi connectivity index (χ2v) is 7.55. The van der Waals surface area contributed by atoms with Crippen LogP contribution in [0.1, 0.15) is 18.4 Å². The van der Waals surface area contributed by atoms with Gasteiger partial charge in [-0.05, 0) is 48.4 Å². The molecule has 0 N–H and O–H groups in total. The Hall–Kier alpha value is -2.70. The van der Waals surface area contributed by atoms with Crippen molar-refractivity contribution in [1.82, 2.24) is 20.3 Å². The minimum atomic E-state index is 0.528. The maximum absolute atomic E-state index is 5.91. The maximum Gasteiger partial charge on any atom is 0.237 e. The number of halogens is 1. The molecule has 0 bridgehead atoms. The number of benzene rings is 2. The van der Waals surface area contributed by atoms with Crippen molar-refractivity contribution >= 4 is 23.4 Å². The third kappa shape index (κ3) is 4.40. The second kappa shape index (κ2) is 8.54. The summed E-state index contributed by atoms with van der Waals surface area (Å²) in [5.41, 5.74) is 4.09. The van der Waals surface area contributed by atoms with Crippen molar-refractivity contribution in [3.63, 3.8) is 0 Å².